The van der Waals surface area contributed by atoms with E-state index in [2.05, 4.69) is 0 Å². The number of hydrogen-bond donors (Lipinski definition) is 1. The van der Waals surface area contributed by atoms with Gasteiger partial charge in [-0.05, 0) is 12.8 Å². The first-order valence-electron chi connectivity index (χ1n) is 3.41. The third kappa shape index (κ3) is 1.48. The average molecular weight is 146 g/mol. The Labute approximate surface area is 61.0 Å². The van der Waals surface area contributed by atoms with E-state index in [9.17, 15) is 4.79 Å². The van der Waals surface area contributed by atoms with Crippen molar-refractivity contribution in [2.75, 3.05) is 7.11 Å². The van der Waals surface area contributed by atoms with Crippen LogP contribution in [-0.4, -0.2) is 23.8 Å². The van der Waals surface area contributed by atoms with E-state index >= 15 is 0 Å². The molecule has 0 unspecified atom stereocenters. The van der Waals surface area contributed by atoms with Crippen LogP contribution in [0.5, 0.6) is 0 Å². The van der Waals surface area contributed by atoms with E-state index in [1.165, 1.54) is 7.11 Å². The summed E-state index contributed by atoms with van der Waals surface area (Å²) in [7, 11) is 1.43. The second kappa shape index (κ2) is 3.56. The highest BCUT2D eigenvalue weighted by Gasteiger charge is 2.34. The molecule has 0 aliphatic carbocycles. The summed E-state index contributed by atoms with van der Waals surface area (Å²) in [4.78, 5) is 10.6. The Morgan fingerprint density at radius 1 is 1.50 bits per heavy atom. The van der Waals surface area contributed by atoms with Gasteiger partial charge in [0.25, 0.3) is 0 Å². The van der Waals surface area contributed by atoms with Crippen LogP contribution in [0.15, 0.2) is 0 Å². The van der Waals surface area contributed by atoms with Crippen molar-refractivity contribution in [2.45, 2.75) is 32.3 Å². The Hall–Kier alpha value is -0.570. The summed E-state index contributed by atoms with van der Waals surface area (Å²) in [6.45, 7) is 3.61. The fraction of sp³-hybridized carbons (Fsp3) is 0.857. The first kappa shape index (κ1) is 9.43. The molecule has 60 valence electrons. The van der Waals surface area contributed by atoms with Gasteiger partial charge in [0.2, 0.25) is 0 Å². The fourth-order valence-corrected chi connectivity index (χ4v) is 0.928. The Balaban J connectivity index is 4.31. The first-order chi connectivity index (χ1) is 4.63. The lowest BCUT2D eigenvalue weighted by molar-refractivity contribution is -0.163. The van der Waals surface area contributed by atoms with Crippen LogP contribution in [0.4, 0.5) is 0 Å². The predicted molar refractivity (Wildman–Crippen MR) is 38.0 cm³/mol. The minimum Gasteiger partial charge on any atom is -0.479 e. The lowest BCUT2D eigenvalue weighted by Crippen LogP contribution is -2.39. The average Bonchev–Trinajstić information content (AvgIpc) is 1.92. The maximum absolute atomic E-state index is 10.6. The van der Waals surface area contributed by atoms with Crippen molar-refractivity contribution in [3.63, 3.8) is 0 Å². The van der Waals surface area contributed by atoms with Gasteiger partial charge >= 0.3 is 5.97 Å². The molecular formula is C7H14O3. The molecule has 0 aliphatic rings. The first-order valence-corrected chi connectivity index (χ1v) is 3.41. The van der Waals surface area contributed by atoms with Crippen LogP contribution in [0, 0.1) is 0 Å². The van der Waals surface area contributed by atoms with Crippen molar-refractivity contribution < 1.29 is 14.6 Å². The summed E-state index contributed by atoms with van der Waals surface area (Å²) in [6, 6.07) is 0. The molecule has 10 heavy (non-hydrogen) atoms. The topological polar surface area (TPSA) is 46.5 Å². The maximum Gasteiger partial charge on any atom is 0.335 e. The zero-order valence-electron chi connectivity index (χ0n) is 6.68. The smallest absolute Gasteiger partial charge is 0.335 e. The Morgan fingerprint density at radius 3 is 1.90 bits per heavy atom. The highest BCUT2D eigenvalue weighted by atomic mass is 16.5. The van der Waals surface area contributed by atoms with E-state index in [-0.39, 0.29) is 0 Å². The minimum absolute atomic E-state index is 0.509. The second-order valence-corrected chi connectivity index (χ2v) is 2.21. The molecule has 0 bridgehead atoms. The van der Waals surface area contributed by atoms with Crippen molar-refractivity contribution in [3.05, 3.63) is 0 Å². The van der Waals surface area contributed by atoms with E-state index in [1.54, 1.807) is 13.8 Å². The number of methoxy groups -OCH3 is 1. The molecule has 0 fully saturated rings. The third-order valence-electron chi connectivity index (χ3n) is 1.92. The zero-order chi connectivity index (χ0) is 8.20. The SMILES string of the molecule is CCC(CC)(OC)C(=O)O. The molecule has 0 saturated heterocycles. The monoisotopic (exact) mass is 146 g/mol. The fourth-order valence-electron chi connectivity index (χ4n) is 0.928. The van der Waals surface area contributed by atoms with Gasteiger partial charge in [-0.1, -0.05) is 13.8 Å². The van der Waals surface area contributed by atoms with Crippen LogP contribution in [0.25, 0.3) is 0 Å². The molecule has 1 N–H and O–H groups in total. The Bertz CT molecular complexity index is 108. The molecule has 0 saturated carbocycles. The molecule has 0 rings (SSSR count). The van der Waals surface area contributed by atoms with Crippen LogP contribution < -0.4 is 0 Å². The minimum atomic E-state index is -0.958. The molecule has 0 aromatic rings. The lowest BCUT2D eigenvalue weighted by atomic mass is 9.98. The quantitative estimate of drug-likeness (QED) is 0.649. The number of aliphatic carboxylic acids is 1. The summed E-state index contributed by atoms with van der Waals surface area (Å²) in [5.41, 5.74) is -0.958. The van der Waals surface area contributed by atoms with Crippen molar-refractivity contribution in [1.82, 2.24) is 0 Å². The van der Waals surface area contributed by atoms with Gasteiger partial charge in [-0.25, -0.2) is 4.79 Å². The summed E-state index contributed by atoms with van der Waals surface area (Å²) < 4.78 is 4.90. The molecule has 0 radical (unpaired) electrons. The lowest BCUT2D eigenvalue weighted by Gasteiger charge is -2.24. The van der Waals surface area contributed by atoms with Gasteiger partial charge in [0, 0.05) is 7.11 Å². The highest BCUT2D eigenvalue weighted by molar-refractivity contribution is 5.77. The largest absolute Gasteiger partial charge is 0.479 e. The number of carboxylic acid groups (broad SMARTS) is 1. The molecule has 0 aliphatic heterocycles. The van der Waals surface area contributed by atoms with Gasteiger partial charge in [0.05, 0.1) is 0 Å². The number of rotatable bonds is 4. The number of hydrogen-bond acceptors (Lipinski definition) is 2. The standard InChI is InChI=1S/C7H14O3/c1-4-7(5-2,10-3)6(8)9/h4-5H2,1-3H3,(H,8,9). The van der Waals surface area contributed by atoms with Gasteiger partial charge in [0.15, 0.2) is 5.60 Å². The van der Waals surface area contributed by atoms with Crippen LogP contribution in [0.3, 0.4) is 0 Å². The van der Waals surface area contributed by atoms with Gasteiger partial charge in [-0.2, -0.15) is 0 Å². The molecular weight excluding hydrogens is 132 g/mol. The van der Waals surface area contributed by atoms with Gasteiger partial charge < -0.3 is 9.84 Å². The van der Waals surface area contributed by atoms with Crippen LogP contribution in [0.1, 0.15) is 26.7 Å². The van der Waals surface area contributed by atoms with E-state index in [4.69, 9.17) is 9.84 Å². The van der Waals surface area contributed by atoms with Crippen LogP contribution >= 0.6 is 0 Å². The summed E-state index contributed by atoms with van der Waals surface area (Å²) in [5, 5.41) is 8.70. The Kier molecular flexibility index (Phi) is 3.36. The van der Waals surface area contributed by atoms with Gasteiger partial charge in [0.1, 0.15) is 0 Å². The summed E-state index contributed by atoms with van der Waals surface area (Å²) in [5.74, 6) is -0.875. The van der Waals surface area contributed by atoms with Crippen LogP contribution in [-0.2, 0) is 9.53 Å². The van der Waals surface area contributed by atoms with Gasteiger partial charge in [-0.15, -0.1) is 0 Å². The normalized spacial score (nSPS) is 11.5. The second-order valence-electron chi connectivity index (χ2n) is 2.21. The molecule has 3 heteroatoms. The Morgan fingerprint density at radius 2 is 1.90 bits per heavy atom. The van der Waals surface area contributed by atoms with Crippen molar-refractivity contribution in [3.8, 4) is 0 Å². The van der Waals surface area contributed by atoms with Crippen molar-refractivity contribution in [2.24, 2.45) is 0 Å². The summed E-state index contributed by atoms with van der Waals surface area (Å²) in [6.07, 6.45) is 1.02. The molecule has 0 spiro atoms. The molecule has 3 nitrogen and oxygen atoms in total. The molecule has 0 aromatic carbocycles. The van der Waals surface area contributed by atoms with Gasteiger partial charge in [-0.3, -0.25) is 0 Å². The number of carbonyl (C=O) groups is 1. The summed E-state index contributed by atoms with van der Waals surface area (Å²) >= 11 is 0. The zero-order valence-corrected chi connectivity index (χ0v) is 6.68. The molecule has 0 aromatic heterocycles. The highest BCUT2D eigenvalue weighted by Crippen LogP contribution is 2.18. The van der Waals surface area contributed by atoms with Crippen molar-refractivity contribution in [1.29, 1.82) is 0 Å². The number of ether oxygens (including phenoxy) is 1. The van der Waals surface area contributed by atoms with Crippen molar-refractivity contribution >= 4 is 5.97 Å². The van der Waals surface area contributed by atoms with E-state index in [1.807, 2.05) is 0 Å². The van der Waals surface area contributed by atoms with E-state index < -0.39 is 11.6 Å². The van der Waals surface area contributed by atoms with E-state index in [0.717, 1.165) is 0 Å². The van der Waals surface area contributed by atoms with Crippen LogP contribution in [0.2, 0.25) is 0 Å². The molecule has 0 heterocycles. The molecule has 0 amide bonds. The predicted octanol–water partition coefficient (Wildman–Crippen LogP) is 1.28. The maximum atomic E-state index is 10.6. The molecule has 0 atom stereocenters. The number of carboxylic acids is 1. The third-order valence-corrected chi connectivity index (χ3v) is 1.92. The van der Waals surface area contributed by atoms with E-state index in [0.29, 0.717) is 12.8 Å².